The summed E-state index contributed by atoms with van der Waals surface area (Å²) in [7, 11) is 0. The maximum atomic E-state index is 10.8. The molecule has 1 aromatic carbocycles. The summed E-state index contributed by atoms with van der Waals surface area (Å²) in [5.74, 6) is 0. The second kappa shape index (κ2) is 3.97. The van der Waals surface area contributed by atoms with Gasteiger partial charge in [0.2, 0.25) is 0 Å². The molecule has 0 spiro atoms. The molecule has 0 heterocycles. The molecule has 2 heteroatoms. The van der Waals surface area contributed by atoms with Gasteiger partial charge in [0.05, 0.1) is 0 Å². The monoisotopic (exact) mass is 194 g/mol. The number of hydrogen-bond donors (Lipinski definition) is 0. The van der Waals surface area contributed by atoms with E-state index in [2.05, 4.69) is 13.0 Å². The van der Waals surface area contributed by atoms with Crippen molar-refractivity contribution in [2.45, 2.75) is 25.7 Å². The molecule has 0 saturated heterocycles. The van der Waals surface area contributed by atoms with E-state index in [0.29, 0.717) is 0 Å². The van der Waals surface area contributed by atoms with Gasteiger partial charge in [-0.25, -0.2) is 0 Å². The van der Waals surface area contributed by atoms with Gasteiger partial charge in [0, 0.05) is 10.5 Å². The minimum atomic E-state index is 0.843. The topological polar surface area (TPSA) is 17.1 Å². The van der Waals surface area contributed by atoms with Gasteiger partial charge in [0.25, 0.3) is 0 Å². The Bertz CT molecular complexity index is 342. The zero-order chi connectivity index (χ0) is 10.0. The molecule has 0 atom stereocenters. The van der Waals surface area contributed by atoms with E-state index in [9.17, 15) is 4.79 Å². The fourth-order valence-corrected chi connectivity index (χ4v) is 2.47. The van der Waals surface area contributed by atoms with Crippen molar-refractivity contribution in [3.8, 4) is 0 Å². The second-order valence-corrected chi connectivity index (χ2v) is 4.02. The van der Waals surface area contributed by atoms with E-state index < -0.39 is 0 Å². The summed E-state index contributed by atoms with van der Waals surface area (Å²) < 4.78 is 0. The third-order valence-corrected chi connectivity index (χ3v) is 3.32. The second-order valence-electron chi connectivity index (χ2n) is 3.20. The molecular weight excluding hydrogens is 180 g/mol. The molecule has 13 heavy (non-hydrogen) atoms. The number of thioether (sulfide) groups is 1. The van der Waals surface area contributed by atoms with Crippen LogP contribution < -0.4 is 0 Å². The molecule has 0 N–H and O–H groups in total. The number of aryl methyl sites for hydroxylation is 2. The summed E-state index contributed by atoms with van der Waals surface area (Å²) in [5.41, 5.74) is 4.28. The summed E-state index contributed by atoms with van der Waals surface area (Å²) in [5, 5.41) is 0. The van der Waals surface area contributed by atoms with Crippen LogP contribution in [-0.2, 0) is 0 Å². The highest BCUT2D eigenvalue weighted by Gasteiger charge is 2.08. The lowest BCUT2D eigenvalue weighted by atomic mass is 10.0. The minimum absolute atomic E-state index is 0.843. The van der Waals surface area contributed by atoms with Crippen LogP contribution in [0.4, 0.5) is 0 Å². The van der Waals surface area contributed by atoms with Crippen molar-refractivity contribution in [3.63, 3.8) is 0 Å². The molecule has 0 fully saturated rings. The largest absolute Gasteiger partial charge is 0.298 e. The Labute approximate surface area is 83.5 Å². The summed E-state index contributed by atoms with van der Waals surface area (Å²) in [6.45, 7) is 6.07. The SMILES string of the molecule is CSc1c(C)cc(C)c(C=O)c1C. The first-order valence-corrected chi connectivity index (χ1v) is 5.44. The van der Waals surface area contributed by atoms with Crippen LogP contribution in [0.5, 0.6) is 0 Å². The van der Waals surface area contributed by atoms with Crippen molar-refractivity contribution in [2.75, 3.05) is 6.26 Å². The molecule has 1 nitrogen and oxygen atoms in total. The Kier molecular flexibility index (Phi) is 3.15. The van der Waals surface area contributed by atoms with Crippen molar-refractivity contribution in [1.82, 2.24) is 0 Å². The highest BCUT2D eigenvalue weighted by molar-refractivity contribution is 7.98. The van der Waals surface area contributed by atoms with E-state index in [1.165, 1.54) is 10.5 Å². The maximum absolute atomic E-state index is 10.8. The van der Waals surface area contributed by atoms with Gasteiger partial charge in [-0.2, -0.15) is 0 Å². The minimum Gasteiger partial charge on any atom is -0.298 e. The van der Waals surface area contributed by atoms with Gasteiger partial charge in [-0.1, -0.05) is 6.07 Å². The zero-order valence-corrected chi connectivity index (χ0v) is 9.29. The van der Waals surface area contributed by atoms with Crippen LogP contribution in [0.3, 0.4) is 0 Å². The van der Waals surface area contributed by atoms with Crippen LogP contribution >= 0.6 is 11.8 Å². The molecule has 0 saturated carbocycles. The lowest BCUT2D eigenvalue weighted by Crippen LogP contribution is -1.96. The average Bonchev–Trinajstić information content (AvgIpc) is 2.04. The van der Waals surface area contributed by atoms with Gasteiger partial charge < -0.3 is 0 Å². The summed E-state index contributed by atoms with van der Waals surface area (Å²) in [6, 6.07) is 2.07. The zero-order valence-electron chi connectivity index (χ0n) is 8.47. The molecule has 1 rings (SSSR count). The first-order chi connectivity index (χ1) is 6.11. The lowest BCUT2D eigenvalue weighted by Gasteiger charge is -2.11. The normalized spacial score (nSPS) is 10.2. The van der Waals surface area contributed by atoms with Crippen molar-refractivity contribution >= 4 is 18.0 Å². The van der Waals surface area contributed by atoms with E-state index >= 15 is 0 Å². The predicted octanol–water partition coefficient (Wildman–Crippen LogP) is 3.15. The molecule has 0 aliphatic rings. The Morgan fingerprint density at radius 2 is 1.85 bits per heavy atom. The van der Waals surface area contributed by atoms with Gasteiger partial charge in [0.15, 0.2) is 6.29 Å². The predicted molar refractivity (Wildman–Crippen MR) is 57.8 cm³/mol. The number of carbonyl (C=O) groups excluding carboxylic acids is 1. The summed E-state index contributed by atoms with van der Waals surface area (Å²) >= 11 is 1.70. The molecule has 70 valence electrons. The van der Waals surface area contributed by atoms with Gasteiger partial charge in [0.1, 0.15) is 0 Å². The van der Waals surface area contributed by atoms with Crippen molar-refractivity contribution < 1.29 is 4.79 Å². The van der Waals surface area contributed by atoms with E-state index in [-0.39, 0.29) is 0 Å². The van der Waals surface area contributed by atoms with Crippen LogP contribution in [-0.4, -0.2) is 12.5 Å². The van der Waals surface area contributed by atoms with Crippen LogP contribution in [0.2, 0.25) is 0 Å². The lowest BCUT2D eigenvalue weighted by molar-refractivity contribution is 0.112. The Morgan fingerprint density at radius 3 is 2.31 bits per heavy atom. The number of carbonyl (C=O) groups is 1. The third kappa shape index (κ3) is 1.78. The van der Waals surface area contributed by atoms with Crippen molar-refractivity contribution in [1.29, 1.82) is 0 Å². The van der Waals surface area contributed by atoms with Crippen LogP contribution in [0, 0.1) is 20.8 Å². The van der Waals surface area contributed by atoms with Crippen LogP contribution in [0.1, 0.15) is 27.0 Å². The first-order valence-electron chi connectivity index (χ1n) is 4.21. The molecule has 0 bridgehead atoms. The fourth-order valence-electron chi connectivity index (χ4n) is 1.68. The van der Waals surface area contributed by atoms with Crippen molar-refractivity contribution in [2.24, 2.45) is 0 Å². The van der Waals surface area contributed by atoms with Crippen LogP contribution in [0.25, 0.3) is 0 Å². The molecular formula is C11H14OS. The molecule has 1 aromatic rings. The summed E-state index contributed by atoms with van der Waals surface area (Å²) in [6.07, 6.45) is 2.99. The molecule has 0 radical (unpaired) electrons. The average molecular weight is 194 g/mol. The first kappa shape index (κ1) is 10.3. The number of hydrogen-bond acceptors (Lipinski definition) is 2. The molecule has 0 aromatic heterocycles. The smallest absolute Gasteiger partial charge is 0.150 e. The van der Waals surface area contributed by atoms with Gasteiger partial charge in [-0.05, 0) is 43.7 Å². The van der Waals surface area contributed by atoms with Crippen molar-refractivity contribution in [3.05, 3.63) is 28.3 Å². The Morgan fingerprint density at radius 1 is 1.23 bits per heavy atom. The molecule has 0 aliphatic carbocycles. The van der Waals surface area contributed by atoms with Gasteiger partial charge in [-0.3, -0.25) is 4.79 Å². The van der Waals surface area contributed by atoms with E-state index in [1.54, 1.807) is 11.8 Å². The number of aldehydes is 1. The van der Waals surface area contributed by atoms with Gasteiger partial charge in [-0.15, -0.1) is 11.8 Å². The fraction of sp³-hybridized carbons (Fsp3) is 0.364. The number of rotatable bonds is 2. The Hall–Kier alpha value is -0.760. The van der Waals surface area contributed by atoms with Crippen LogP contribution in [0.15, 0.2) is 11.0 Å². The standard InChI is InChI=1S/C11H14OS/c1-7-5-8(2)11(13-4)9(3)10(7)6-12/h5-6H,1-4H3. The maximum Gasteiger partial charge on any atom is 0.150 e. The summed E-state index contributed by atoms with van der Waals surface area (Å²) in [4.78, 5) is 12.0. The molecule has 0 amide bonds. The third-order valence-electron chi connectivity index (χ3n) is 2.28. The van der Waals surface area contributed by atoms with Gasteiger partial charge >= 0.3 is 0 Å². The van der Waals surface area contributed by atoms with E-state index in [0.717, 1.165) is 23.0 Å². The van der Waals surface area contributed by atoms with E-state index in [4.69, 9.17) is 0 Å². The Balaban J connectivity index is 3.47. The highest BCUT2D eigenvalue weighted by atomic mass is 32.2. The quantitative estimate of drug-likeness (QED) is 0.531. The molecule has 0 aliphatic heterocycles. The van der Waals surface area contributed by atoms with E-state index in [1.807, 2.05) is 20.1 Å². The molecule has 0 unspecified atom stereocenters. The number of benzene rings is 1. The highest BCUT2D eigenvalue weighted by Crippen LogP contribution is 2.28.